The Labute approximate surface area is 161 Å². The van der Waals surface area contributed by atoms with E-state index < -0.39 is 23.7 Å². The molecule has 29 heavy (non-hydrogen) atoms. The third-order valence-corrected chi connectivity index (χ3v) is 4.97. The van der Waals surface area contributed by atoms with Gasteiger partial charge in [0.25, 0.3) is 5.91 Å². The maximum atomic E-state index is 13.4. The number of fused-ring (bicyclic) bond motifs is 2. The summed E-state index contributed by atoms with van der Waals surface area (Å²) >= 11 is 0. The monoisotopic (exact) mass is 402 g/mol. The predicted octanol–water partition coefficient (Wildman–Crippen LogP) is 3.95. The number of carbonyl (C=O) groups excluding carboxylic acids is 1. The fourth-order valence-corrected chi connectivity index (χ4v) is 3.69. The van der Waals surface area contributed by atoms with Crippen LogP contribution in [0.25, 0.3) is 11.0 Å². The number of alkyl halides is 3. The smallest absolute Gasteiger partial charge is 0.420 e. The molecule has 0 bridgehead atoms. The zero-order valence-electron chi connectivity index (χ0n) is 14.7. The number of furan rings is 1. The van der Waals surface area contributed by atoms with Gasteiger partial charge in [-0.05, 0) is 12.1 Å². The van der Waals surface area contributed by atoms with Gasteiger partial charge in [0.2, 0.25) is 5.76 Å². The summed E-state index contributed by atoms with van der Waals surface area (Å²) < 4.78 is 51.0. The van der Waals surface area contributed by atoms with E-state index in [0.29, 0.717) is 24.0 Å². The number of hydrogen-bond acceptors (Lipinski definition) is 5. The fourth-order valence-electron chi connectivity index (χ4n) is 3.69. The third-order valence-electron chi connectivity index (χ3n) is 4.97. The third kappa shape index (κ3) is 2.79. The first-order valence-corrected chi connectivity index (χ1v) is 8.75. The van der Waals surface area contributed by atoms with Crippen LogP contribution in [0.4, 0.5) is 13.2 Å². The summed E-state index contributed by atoms with van der Waals surface area (Å²) in [4.78, 5) is 25.5. The minimum atomic E-state index is -4.56. The number of rotatable bonds is 2. The normalized spacial score (nSPS) is 16.9. The van der Waals surface area contributed by atoms with E-state index in [1.165, 1.54) is 35.6 Å². The van der Waals surface area contributed by atoms with Crippen LogP contribution in [-0.4, -0.2) is 32.3 Å². The maximum absolute atomic E-state index is 13.4. The van der Waals surface area contributed by atoms with E-state index in [9.17, 15) is 18.0 Å². The molecule has 10 heteroatoms. The highest BCUT2D eigenvalue weighted by Crippen LogP contribution is 2.40. The highest BCUT2D eigenvalue weighted by Gasteiger charge is 2.39. The van der Waals surface area contributed by atoms with E-state index in [0.717, 1.165) is 18.2 Å². The Morgan fingerprint density at radius 3 is 2.93 bits per heavy atom. The van der Waals surface area contributed by atoms with Crippen LogP contribution in [0.15, 0.2) is 52.0 Å². The van der Waals surface area contributed by atoms with Crippen LogP contribution in [0, 0.1) is 0 Å². The van der Waals surface area contributed by atoms with Crippen LogP contribution in [0.5, 0.6) is 0 Å². The number of hydrogen-bond donors (Lipinski definition) is 1. The molecule has 1 aliphatic rings. The average Bonchev–Trinajstić information content (AvgIpc) is 3.45. The summed E-state index contributed by atoms with van der Waals surface area (Å²) in [6.45, 7) is 0.308. The minimum absolute atomic E-state index is 0.0288. The Bertz CT molecular complexity index is 1190. The van der Waals surface area contributed by atoms with Gasteiger partial charge in [0.15, 0.2) is 6.39 Å². The number of halogens is 3. The molecule has 1 atom stereocenters. The lowest BCUT2D eigenvalue weighted by atomic mass is 10.00. The molecule has 0 saturated carbocycles. The van der Waals surface area contributed by atoms with E-state index in [1.54, 1.807) is 0 Å². The number of oxazole rings is 1. The standard InChI is InChI=1S/C19H13F3N4O3/c20-19(21,22)11-3-1-2-10-6-13(29-17(10)11)16-15-12(24-8-25-15)4-5-26(16)18(27)14-7-23-9-28-14/h1-3,6-9,16H,4-5H2,(H,24,25)/t16-/m0/s1. The Balaban J connectivity index is 1.66. The van der Waals surface area contributed by atoms with Gasteiger partial charge in [0.05, 0.1) is 23.8 Å². The Kier molecular flexibility index (Phi) is 3.76. The topological polar surface area (TPSA) is 88.2 Å². The number of H-pyrrole nitrogens is 1. The van der Waals surface area contributed by atoms with Crippen LogP contribution in [0.3, 0.4) is 0 Å². The molecule has 4 heterocycles. The number of carbonyl (C=O) groups is 1. The second kappa shape index (κ2) is 6.23. The number of aromatic nitrogens is 3. The van der Waals surface area contributed by atoms with Crippen molar-refractivity contribution < 1.29 is 26.8 Å². The first-order chi connectivity index (χ1) is 13.9. The van der Waals surface area contributed by atoms with Crippen LogP contribution in [0.2, 0.25) is 0 Å². The zero-order chi connectivity index (χ0) is 20.2. The Morgan fingerprint density at radius 1 is 1.31 bits per heavy atom. The van der Waals surface area contributed by atoms with Gasteiger partial charge in [-0.1, -0.05) is 12.1 Å². The molecule has 1 aliphatic heterocycles. The number of benzene rings is 1. The molecule has 0 radical (unpaired) electrons. The van der Waals surface area contributed by atoms with Crippen molar-refractivity contribution in [3.8, 4) is 0 Å². The molecule has 1 aromatic carbocycles. The van der Waals surface area contributed by atoms with Crippen molar-refractivity contribution in [2.75, 3.05) is 6.54 Å². The van der Waals surface area contributed by atoms with Gasteiger partial charge < -0.3 is 18.7 Å². The summed E-state index contributed by atoms with van der Waals surface area (Å²) in [6, 6.07) is 4.54. The van der Waals surface area contributed by atoms with Gasteiger partial charge in [-0.2, -0.15) is 13.2 Å². The van der Waals surface area contributed by atoms with E-state index in [1.807, 2.05) is 0 Å². The molecule has 1 amide bonds. The van der Waals surface area contributed by atoms with Crippen LogP contribution < -0.4 is 0 Å². The fraction of sp³-hybridized carbons (Fsp3) is 0.211. The molecule has 0 unspecified atom stereocenters. The van der Waals surface area contributed by atoms with E-state index in [2.05, 4.69) is 15.0 Å². The summed E-state index contributed by atoms with van der Waals surface area (Å²) in [6.07, 6.45) is -0.125. The summed E-state index contributed by atoms with van der Waals surface area (Å²) in [5.74, 6) is -0.226. The Hall–Kier alpha value is -3.56. The van der Waals surface area contributed by atoms with Crippen molar-refractivity contribution in [2.24, 2.45) is 0 Å². The molecular formula is C19H13F3N4O3. The van der Waals surface area contributed by atoms with Crippen molar-refractivity contribution in [1.82, 2.24) is 19.9 Å². The number of amides is 1. The van der Waals surface area contributed by atoms with Crippen LogP contribution in [-0.2, 0) is 12.6 Å². The molecule has 4 aromatic rings. The molecular weight excluding hydrogens is 389 g/mol. The number of imidazole rings is 1. The lowest BCUT2D eigenvalue weighted by Gasteiger charge is -2.33. The molecule has 3 aromatic heterocycles. The maximum Gasteiger partial charge on any atom is 0.420 e. The quantitative estimate of drug-likeness (QED) is 0.549. The first kappa shape index (κ1) is 17.5. The van der Waals surface area contributed by atoms with Crippen molar-refractivity contribution in [3.63, 3.8) is 0 Å². The molecule has 0 aliphatic carbocycles. The largest absolute Gasteiger partial charge is 0.458 e. The van der Waals surface area contributed by atoms with Crippen LogP contribution >= 0.6 is 0 Å². The van der Waals surface area contributed by atoms with Gasteiger partial charge in [-0.3, -0.25) is 4.79 Å². The van der Waals surface area contributed by atoms with Gasteiger partial charge >= 0.3 is 6.18 Å². The molecule has 0 fully saturated rings. The average molecular weight is 402 g/mol. The molecule has 148 valence electrons. The number of aromatic amines is 1. The van der Waals surface area contributed by atoms with Gasteiger partial charge in [0, 0.05) is 24.0 Å². The second-order valence-corrected chi connectivity index (χ2v) is 6.65. The van der Waals surface area contributed by atoms with E-state index in [4.69, 9.17) is 8.83 Å². The number of nitrogens with zero attached hydrogens (tertiary/aromatic N) is 3. The minimum Gasteiger partial charge on any atom is -0.458 e. The molecule has 0 spiro atoms. The van der Waals surface area contributed by atoms with Crippen molar-refractivity contribution in [2.45, 2.75) is 18.6 Å². The summed E-state index contributed by atoms with van der Waals surface area (Å²) in [5.41, 5.74) is 0.182. The summed E-state index contributed by atoms with van der Waals surface area (Å²) in [7, 11) is 0. The number of nitrogens with one attached hydrogen (secondary N) is 1. The molecule has 7 nitrogen and oxygen atoms in total. The molecule has 1 N–H and O–H groups in total. The van der Waals surface area contributed by atoms with E-state index in [-0.39, 0.29) is 17.1 Å². The highest BCUT2D eigenvalue weighted by atomic mass is 19.4. The highest BCUT2D eigenvalue weighted by molar-refractivity contribution is 5.92. The second-order valence-electron chi connectivity index (χ2n) is 6.65. The SMILES string of the molecule is O=C(c1cnco1)N1CCc2[nH]cnc2[C@@H]1c1cc2cccc(C(F)(F)F)c2o1. The molecule has 5 rings (SSSR count). The lowest BCUT2D eigenvalue weighted by Crippen LogP contribution is -2.40. The lowest BCUT2D eigenvalue weighted by molar-refractivity contribution is -0.136. The van der Waals surface area contributed by atoms with Gasteiger partial charge in [-0.25, -0.2) is 9.97 Å². The van der Waals surface area contributed by atoms with Gasteiger partial charge in [0.1, 0.15) is 17.4 Å². The van der Waals surface area contributed by atoms with Crippen molar-refractivity contribution >= 4 is 16.9 Å². The van der Waals surface area contributed by atoms with E-state index >= 15 is 0 Å². The predicted molar refractivity (Wildman–Crippen MR) is 92.9 cm³/mol. The first-order valence-electron chi connectivity index (χ1n) is 8.75. The van der Waals surface area contributed by atoms with Crippen molar-refractivity contribution in [3.05, 3.63) is 71.7 Å². The van der Waals surface area contributed by atoms with Gasteiger partial charge in [-0.15, -0.1) is 0 Å². The zero-order valence-corrected chi connectivity index (χ0v) is 14.7. The van der Waals surface area contributed by atoms with Crippen LogP contribution in [0.1, 0.15) is 39.3 Å². The van der Waals surface area contributed by atoms with Crippen molar-refractivity contribution in [1.29, 1.82) is 0 Å². The summed E-state index contributed by atoms with van der Waals surface area (Å²) in [5, 5.41) is 0.296. The Morgan fingerprint density at radius 2 is 2.17 bits per heavy atom. The molecule has 0 saturated heterocycles. The number of para-hydroxylation sites is 1.